The van der Waals surface area contributed by atoms with E-state index in [1.54, 1.807) is 19.3 Å². The highest BCUT2D eigenvalue weighted by atomic mass is 32.2. The van der Waals surface area contributed by atoms with Gasteiger partial charge in [0.15, 0.2) is 15.1 Å². The smallest absolute Gasteiger partial charge is 0.245 e. The van der Waals surface area contributed by atoms with Crippen LogP contribution in [-0.4, -0.2) is 67.2 Å². The minimum atomic E-state index is -3.96. The highest BCUT2D eigenvalue weighted by Gasteiger charge is 2.37. The second-order valence-corrected chi connectivity index (χ2v) is 11.8. The first-order valence-corrected chi connectivity index (χ1v) is 13.7. The Morgan fingerprint density at radius 3 is 2.57 bits per heavy atom. The summed E-state index contributed by atoms with van der Waals surface area (Å²) >= 11 is 1.15. The molecule has 3 aromatic rings. The molecule has 186 valence electrons. The van der Waals surface area contributed by atoms with Gasteiger partial charge >= 0.3 is 0 Å². The Bertz CT molecular complexity index is 1350. The largest absolute Gasteiger partial charge is 0.384 e. The Kier molecular flexibility index (Phi) is 7.43. The normalized spacial score (nSPS) is 14.6. The van der Waals surface area contributed by atoms with Crippen LogP contribution in [0.2, 0.25) is 0 Å². The van der Waals surface area contributed by atoms with E-state index in [9.17, 15) is 18.0 Å². The first-order valence-electron chi connectivity index (χ1n) is 11.2. The summed E-state index contributed by atoms with van der Waals surface area (Å²) in [5.41, 5.74) is 3.19. The number of aromatic nitrogens is 3. The minimum absolute atomic E-state index is 0.0597. The molecule has 12 heteroatoms. The maximum atomic E-state index is 13.1. The molecule has 35 heavy (non-hydrogen) atoms. The molecule has 1 aromatic carbocycles. The number of carbonyl (C=O) groups excluding carboxylic acids is 2. The zero-order valence-electron chi connectivity index (χ0n) is 19.7. The molecule has 1 aliphatic rings. The van der Waals surface area contributed by atoms with Crippen LogP contribution in [0.3, 0.4) is 0 Å². The number of hydrogen-bond acceptors (Lipinski definition) is 9. The zero-order chi connectivity index (χ0) is 25.2. The average molecular weight is 518 g/mol. The second-order valence-electron chi connectivity index (χ2n) is 8.51. The van der Waals surface area contributed by atoms with Gasteiger partial charge in [0.1, 0.15) is 10.8 Å². The van der Waals surface area contributed by atoms with Crippen molar-refractivity contribution < 1.29 is 22.7 Å². The predicted molar refractivity (Wildman–Crippen MR) is 133 cm³/mol. The van der Waals surface area contributed by atoms with Crippen molar-refractivity contribution in [2.45, 2.75) is 38.0 Å². The molecule has 0 radical (unpaired) electrons. The number of rotatable bonds is 10. The molecule has 0 bridgehead atoms. The first-order chi connectivity index (χ1) is 16.7. The number of fused-ring (bicyclic) bond motifs is 1. The third kappa shape index (κ3) is 6.00. The first kappa shape index (κ1) is 25.1. The van der Waals surface area contributed by atoms with Gasteiger partial charge in [-0.1, -0.05) is 0 Å². The van der Waals surface area contributed by atoms with Gasteiger partial charge in [0.25, 0.3) is 0 Å². The molecule has 2 aromatic heterocycles. The van der Waals surface area contributed by atoms with Crippen LogP contribution in [0.25, 0.3) is 21.3 Å². The summed E-state index contributed by atoms with van der Waals surface area (Å²) in [6.07, 6.45) is 5.27. The lowest BCUT2D eigenvalue weighted by Crippen LogP contribution is -2.41. The van der Waals surface area contributed by atoms with Crippen molar-refractivity contribution in [1.29, 1.82) is 0 Å². The molecule has 0 saturated heterocycles. The summed E-state index contributed by atoms with van der Waals surface area (Å²) in [7, 11) is -2.57. The Morgan fingerprint density at radius 1 is 1.20 bits per heavy atom. The van der Waals surface area contributed by atoms with Crippen molar-refractivity contribution >= 4 is 43.2 Å². The fraction of sp³-hybridized carbons (Fsp3) is 0.435. The molecule has 10 nitrogen and oxygen atoms in total. The summed E-state index contributed by atoms with van der Waals surface area (Å²) < 4.78 is 32.0. The highest BCUT2D eigenvalue weighted by molar-refractivity contribution is 7.92. The van der Waals surface area contributed by atoms with E-state index in [-0.39, 0.29) is 35.9 Å². The number of nitrogens with one attached hydrogen (secondary N) is 2. The third-order valence-corrected chi connectivity index (χ3v) is 8.73. The monoisotopic (exact) mass is 517 g/mol. The van der Waals surface area contributed by atoms with Gasteiger partial charge in [-0.2, -0.15) is 0 Å². The number of ether oxygens (including phenoxy) is 1. The minimum Gasteiger partial charge on any atom is -0.384 e. The van der Waals surface area contributed by atoms with Crippen molar-refractivity contribution in [3.05, 3.63) is 40.9 Å². The van der Waals surface area contributed by atoms with Crippen molar-refractivity contribution in [3.8, 4) is 11.1 Å². The van der Waals surface area contributed by atoms with Gasteiger partial charge in [0.05, 0.1) is 29.1 Å². The van der Waals surface area contributed by atoms with Gasteiger partial charge in [-0.15, -0.1) is 11.3 Å². The van der Waals surface area contributed by atoms with Crippen LogP contribution in [-0.2, 0) is 24.2 Å². The molecule has 2 amide bonds. The van der Waals surface area contributed by atoms with Crippen molar-refractivity contribution in [2.75, 3.05) is 26.0 Å². The van der Waals surface area contributed by atoms with Crippen LogP contribution < -0.4 is 10.6 Å². The molecule has 4 rings (SSSR count). The van der Waals surface area contributed by atoms with Crippen LogP contribution in [0, 0.1) is 13.8 Å². The number of thiazole rings is 1. The number of hydrogen-bond donors (Lipinski definition) is 2. The van der Waals surface area contributed by atoms with E-state index in [0.717, 1.165) is 45.6 Å². The van der Waals surface area contributed by atoms with E-state index in [4.69, 9.17) is 4.74 Å². The van der Waals surface area contributed by atoms with Gasteiger partial charge in [0.2, 0.25) is 11.8 Å². The lowest BCUT2D eigenvalue weighted by Gasteiger charge is -2.15. The predicted octanol–water partition coefficient (Wildman–Crippen LogP) is 1.87. The Hall–Kier alpha value is -2.96. The number of sulfone groups is 1. The van der Waals surface area contributed by atoms with E-state index in [2.05, 4.69) is 25.6 Å². The van der Waals surface area contributed by atoms with Gasteiger partial charge in [0, 0.05) is 31.1 Å². The van der Waals surface area contributed by atoms with E-state index in [0.29, 0.717) is 11.3 Å². The Balaban J connectivity index is 1.66. The molecule has 1 unspecified atom stereocenters. The van der Waals surface area contributed by atoms with Crippen molar-refractivity contribution in [1.82, 2.24) is 25.6 Å². The summed E-state index contributed by atoms with van der Waals surface area (Å²) in [5.74, 6) is -0.824. The van der Waals surface area contributed by atoms with Crippen LogP contribution in [0.15, 0.2) is 24.5 Å². The topological polar surface area (TPSA) is 140 Å². The molecular weight excluding hydrogens is 490 g/mol. The molecule has 1 aliphatic carbocycles. The lowest BCUT2D eigenvalue weighted by molar-refractivity contribution is -0.126. The van der Waals surface area contributed by atoms with Crippen LogP contribution in [0.5, 0.6) is 0 Å². The van der Waals surface area contributed by atoms with Gasteiger partial charge in [-0.05, 0) is 49.9 Å². The fourth-order valence-corrected chi connectivity index (χ4v) is 6.58. The van der Waals surface area contributed by atoms with Gasteiger partial charge in [-0.3, -0.25) is 9.59 Å². The molecule has 0 spiro atoms. The van der Waals surface area contributed by atoms with Crippen molar-refractivity contribution in [3.63, 3.8) is 0 Å². The third-order valence-electron chi connectivity index (χ3n) is 5.60. The number of benzene rings is 1. The molecule has 2 heterocycles. The van der Waals surface area contributed by atoms with Crippen molar-refractivity contribution in [2.24, 2.45) is 0 Å². The Morgan fingerprint density at radius 2 is 1.91 bits per heavy atom. The fourth-order valence-electron chi connectivity index (χ4n) is 3.56. The molecule has 1 fully saturated rings. The van der Waals surface area contributed by atoms with Crippen LogP contribution in [0.1, 0.15) is 34.5 Å². The number of nitrogens with zero attached hydrogens (tertiary/aromatic N) is 3. The standard InChI is InChI=1S/C23H27N5O5S2/c1-13-8-19-18(9-17(13)15-10-24-14(2)25-11-15)28-23(34-19)21(35(31,32)7-6-33-3)22(30)26-12-20(29)27-16-4-5-16/h8-11,16,21H,4-7,12H2,1-3H3,(H,26,30)(H,27,29). The van der Waals surface area contributed by atoms with E-state index in [1.165, 1.54) is 7.11 Å². The highest BCUT2D eigenvalue weighted by Crippen LogP contribution is 2.35. The molecule has 1 saturated carbocycles. The zero-order valence-corrected chi connectivity index (χ0v) is 21.3. The number of methoxy groups -OCH3 is 1. The molecule has 1 atom stereocenters. The maximum Gasteiger partial charge on any atom is 0.245 e. The van der Waals surface area contributed by atoms with Gasteiger partial charge < -0.3 is 15.4 Å². The van der Waals surface area contributed by atoms with Crippen LogP contribution >= 0.6 is 11.3 Å². The van der Waals surface area contributed by atoms with E-state index < -0.39 is 21.0 Å². The number of aryl methyl sites for hydroxylation is 2. The Labute approximate surface area is 207 Å². The number of carbonyl (C=O) groups is 2. The lowest BCUT2D eigenvalue weighted by atomic mass is 10.0. The van der Waals surface area contributed by atoms with E-state index in [1.807, 2.05) is 19.1 Å². The molecule has 2 N–H and O–H groups in total. The SMILES string of the molecule is COCCS(=O)(=O)C(C(=O)NCC(=O)NC1CC1)c1nc2cc(-c3cnc(C)nc3)c(C)cc2s1. The maximum absolute atomic E-state index is 13.1. The summed E-state index contributed by atoms with van der Waals surface area (Å²) in [5, 5.41) is 3.84. The van der Waals surface area contributed by atoms with E-state index >= 15 is 0 Å². The average Bonchev–Trinajstić information content (AvgIpc) is 3.53. The number of amides is 2. The summed E-state index contributed by atoms with van der Waals surface area (Å²) in [4.78, 5) is 38.1. The van der Waals surface area contributed by atoms with Gasteiger partial charge in [-0.25, -0.2) is 23.4 Å². The summed E-state index contributed by atoms with van der Waals surface area (Å²) in [6.45, 7) is 3.38. The molecular formula is C23H27N5O5S2. The van der Waals surface area contributed by atoms with Crippen LogP contribution in [0.4, 0.5) is 0 Å². The molecule has 0 aliphatic heterocycles. The quantitative estimate of drug-likeness (QED) is 0.415. The summed E-state index contributed by atoms with van der Waals surface area (Å²) in [6, 6.07) is 3.89. The second kappa shape index (κ2) is 10.3.